The van der Waals surface area contributed by atoms with E-state index in [1.54, 1.807) is 0 Å². The van der Waals surface area contributed by atoms with Gasteiger partial charge in [0.25, 0.3) is 0 Å². The largest absolute Gasteiger partial charge is 0.462 e. The van der Waals surface area contributed by atoms with Crippen molar-refractivity contribution < 1.29 is 23.8 Å². The molecule has 0 N–H and O–H groups in total. The molecule has 5 nitrogen and oxygen atoms in total. The molecular formula is C59H100O5. The van der Waals surface area contributed by atoms with E-state index in [-0.39, 0.29) is 25.2 Å². The molecule has 0 rings (SSSR count). The van der Waals surface area contributed by atoms with Gasteiger partial charge in [-0.15, -0.1) is 0 Å². The number of hydrogen-bond acceptors (Lipinski definition) is 5. The normalized spacial score (nSPS) is 13.0. The molecule has 0 saturated heterocycles. The van der Waals surface area contributed by atoms with E-state index in [4.69, 9.17) is 14.2 Å². The van der Waals surface area contributed by atoms with Crippen molar-refractivity contribution in [3.63, 3.8) is 0 Å². The van der Waals surface area contributed by atoms with Crippen molar-refractivity contribution in [2.45, 2.75) is 245 Å². The van der Waals surface area contributed by atoms with Gasteiger partial charge < -0.3 is 14.2 Å². The molecule has 0 heterocycles. The highest BCUT2D eigenvalue weighted by atomic mass is 16.6. The van der Waals surface area contributed by atoms with Crippen LogP contribution in [0, 0.1) is 0 Å². The minimum atomic E-state index is -0.572. The Bertz CT molecular complexity index is 1230. The maximum absolute atomic E-state index is 12.8. The zero-order valence-electron chi connectivity index (χ0n) is 42.0. The van der Waals surface area contributed by atoms with E-state index in [9.17, 15) is 9.59 Å². The van der Waals surface area contributed by atoms with Crippen molar-refractivity contribution in [1.82, 2.24) is 0 Å². The fraction of sp³-hybridized carbons (Fsp3) is 0.695. The molecule has 0 amide bonds. The molecule has 0 aliphatic heterocycles. The van der Waals surface area contributed by atoms with Crippen LogP contribution in [0.2, 0.25) is 0 Å². The van der Waals surface area contributed by atoms with E-state index >= 15 is 0 Å². The summed E-state index contributed by atoms with van der Waals surface area (Å²) in [5.74, 6) is -0.497. The van der Waals surface area contributed by atoms with Crippen molar-refractivity contribution in [1.29, 1.82) is 0 Å². The molecule has 0 saturated carbocycles. The number of unbranched alkanes of at least 4 members (excludes halogenated alkanes) is 21. The number of hydrogen-bond donors (Lipinski definition) is 0. The Labute approximate surface area is 396 Å². The zero-order chi connectivity index (χ0) is 46.3. The Hall–Kier alpha value is -3.18. The number of rotatable bonds is 48. The first kappa shape index (κ1) is 60.8. The predicted molar refractivity (Wildman–Crippen MR) is 279 cm³/mol. The van der Waals surface area contributed by atoms with Gasteiger partial charge in [0.05, 0.1) is 6.61 Å². The summed E-state index contributed by atoms with van der Waals surface area (Å²) >= 11 is 0. The van der Waals surface area contributed by atoms with Crippen LogP contribution in [-0.4, -0.2) is 37.9 Å². The van der Waals surface area contributed by atoms with Gasteiger partial charge in [-0.1, -0.05) is 234 Å². The SMILES string of the molecule is CC/C=C\C/C=C\C/C=C\C/C=C\C/C=C\C/C=C\CCC(=O)OCC(COCCCCCCCCCC/C=C\C/C=C\CCCCC)OC(=O)CCCCCCCCCCCCC. The molecule has 1 unspecified atom stereocenters. The maximum Gasteiger partial charge on any atom is 0.306 e. The first-order valence-corrected chi connectivity index (χ1v) is 26.8. The van der Waals surface area contributed by atoms with Crippen LogP contribution in [0.1, 0.15) is 239 Å². The lowest BCUT2D eigenvalue weighted by Crippen LogP contribution is -2.30. The third kappa shape index (κ3) is 51.5. The number of allylic oxidation sites excluding steroid dienone is 16. The van der Waals surface area contributed by atoms with E-state index < -0.39 is 6.10 Å². The van der Waals surface area contributed by atoms with Gasteiger partial charge >= 0.3 is 11.9 Å². The number of carbonyl (C=O) groups is 2. The molecule has 0 aromatic rings. The summed E-state index contributed by atoms with van der Waals surface area (Å²) in [4.78, 5) is 25.4. The van der Waals surface area contributed by atoms with Gasteiger partial charge in [-0.2, -0.15) is 0 Å². The van der Waals surface area contributed by atoms with Gasteiger partial charge in [0, 0.05) is 19.4 Å². The highest BCUT2D eigenvalue weighted by Crippen LogP contribution is 2.14. The van der Waals surface area contributed by atoms with Crippen molar-refractivity contribution in [2.75, 3.05) is 19.8 Å². The van der Waals surface area contributed by atoms with Crippen molar-refractivity contribution >= 4 is 11.9 Å². The van der Waals surface area contributed by atoms with E-state index in [1.165, 1.54) is 128 Å². The molecule has 0 spiro atoms. The molecule has 5 heteroatoms. The third-order valence-electron chi connectivity index (χ3n) is 11.1. The number of carbonyl (C=O) groups excluding carboxylic acids is 2. The van der Waals surface area contributed by atoms with Gasteiger partial charge in [-0.3, -0.25) is 9.59 Å². The Morgan fingerprint density at radius 3 is 1.22 bits per heavy atom. The molecule has 366 valence electrons. The lowest BCUT2D eigenvalue weighted by Gasteiger charge is -2.18. The molecule has 0 aromatic carbocycles. The van der Waals surface area contributed by atoms with Crippen LogP contribution in [0.5, 0.6) is 0 Å². The first-order valence-electron chi connectivity index (χ1n) is 26.8. The minimum absolute atomic E-state index is 0.0402. The first-order chi connectivity index (χ1) is 31.6. The van der Waals surface area contributed by atoms with Gasteiger partial charge in [0.1, 0.15) is 6.61 Å². The zero-order valence-corrected chi connectivity index (χ0v) is 42.0. The monoisotopic (exact) mass is 889 g/mol. The maximum atomic E-state index is 12.8. The molecule has 64 heavy (non-hydrogen) atoms. The fourth-order valence-electron chi connectivity index (χ4n) is 7.15. The second-order valence-electron chi connectivity index (χ2n) is 17.4. The lowest BCUT2D eigenvalue weighted by atomic mass is 10.1. The van der Waals surface area contributed by atoms with E-state index in [2.05, 4.69) is 112 Å². The lowest BCUT2D eigenvalue weighted by molar-refractivity contribution is -0.162. The summed E-state index contributed by atoms with van der Waals surface area (Å²) in [6.07, 6.45) is 72.9. The highest BCUT2D eigenvalue weighted by molar-refractivity contribution is 5.70. The summed E-state index contributed by atoms with van der Waals surface area (Å²) in [6, 6.07) is 0. The van der Waals surface area contributed by atoms with Crippen LogP contribution in [0.25, 0.3) is 0 Å². The van der Waals surface area contributed by atoms with Crippen LogP contribution in [0.15, 0.2) is 97.2 Å². The van der Waals surface area contributed by atoms with Gasteiger partial charge in [0.15, 0.2) is 6.10 Å². The molecule has 0 radical (unpaired) electrons. The smallest absolute Gasteiger partial charge is 0.306 e. The summed E-state index contributed by atoms with van der Waals surface area (Å²) in [6.45, 7) is 7.60. The summed E-state index contributed by atoms with van der Waals surface area (Å²) in [5, 5.41) is 0. The minimum Gasteiger partial charge on any atom is -0.462 e. The average Bonchev–Trinajstić information content (AvgIpc) is 3.30. The van der Waals surface area contributed by atoms with Crippen LogP contribution in [0.3, 0.4) is 0 Å². The van der Waals surface area contributed by atoms with Crippen molar-refractivity contribution in [2.24, 2.45) is 0 Å². The van der Waals surface area contributed by atoms with E-state index in [1.807, 2.05) is 6.08 Å². The highest BCUT2D eigenvalue weighted by Gasteiger charge is 2.17. The van der Waals surface area contributed by atoms with E-state index in [0.29, 0.717) is 25.9 Å². The van der Waals surface area contributed by atoms with Gasteiger partial charge in [-0.25, -0.2) is 0 Å². The molecular weight excluding hydrogens is 789 g/mol. The quantitative estimate of drug-likeness (QED) is 0.0346. The van der Waals surface area contributed by atoms with E-state index in [0.717, 1.165) is 70.6 Å². The number of ether oxygens (including phenoxy) is 3. The standard InChI is InChI=1S/C59H100O5/c1-4-7-10-13-16-19-22-24-26-28-30-31-33-35-38-40-43-46-49-52-58(60)63-56-57(64-59(61)53-50-47-44-41-37-21-18-15-12-9-6-3)55-62-54-51-48-45-42-39-36-34-32-29-27-25-23-20-17-14-11-8-5-2/h7,10,16-17,19-20,24-27,30-31,35,38,43,46,57H,4-6,8-9,11-15,18,21-23,28-29,32-34,36-37,39-42,44-45,47-56H2,1-3H3/b10-7-,19-16-,20-17-,26-24-,27-25-,31-30-,38-35-,46-43-. The average molecular weight is 889 g/mol. The van der Waals surface area contributed by atoms with Crippen LogP contribution in [-0.2, 0) is 23.8 Å². The number of esters is 2. The summed E-state index contributed by atoms with van der Waals surface area (Å²) in [7, 11) is 0. The molecule has 0 bridgehead atoms. The van der Waals surface area contributed by atoms with Crippen molar-refractivity contribution in [3.8, 4) is 0 Å². The second kappa shape index (κ2) is 54.2. The predicted octanol–water partition coefficient (Wildman–Crippen LogP) is 18.2. The van der Waals surface area contributed by atoms with Gasteiger partial charge in [-0.05, 0) is 89.9 Å². The van der Waals surface area contributed by atoms with Crippen molar-refractivity contribution in [3.05, 3.63) is 97.2 Å². The fourth-order valence-corrected chi connectivity index (χ4v) is 7.15. The summed E-state index contributed by atoms with van der Waals surface area (Å²) in [5.41, 5.74) is 0. The Kier molecular flexibility index (Phi) is 51.5. The van der Waals surface area contributed by atoms with Crippen LogP contribution >= 0.6 is 0 Å². The molecule has 1 atom stereocenters. The third-order valence-corrected chi connectivity index (χ3v) is 11.1. The van der Waals surface area contributed by atoms with Gasteiger partial charge in [0.2, 0.25) is 0 Å². The van der Waals surface area contributed by atoms with Crippen LogP contribution in [0.4, 0.5) is 0 Å². The molecule has 0 aliphatic rings. The van der Waals surface area contributed by atoms with Crippen LogP contribution < -0.4 is 0 Å². The molecule has 0 aromatic heterocycles. The Morgan fingerprint density at radius 1 is 0.359 bits per heavy atom. The Morgan fingerprint density at radius 2 is 0.734 bits per heavy atom. The Balaban J connectivity index is 4.36. The second-order valence-corrected chi connectivity index (χ2v) is 17.4. The summed E-state index contributed by atoms with van der Waals surface area (Å²) < 4.78 is 17.3. The topological polar surface area (TPSA) is 61.8 Å². The molecule has 0 fully saturated rings. The molecule has 0 aliphatic carbocycles.